The van der Waals surface area contributed by atoms with Gasteiger partial charge in [-0.2, -0.15) is 0 Å². The Morgan fingerprint density at radius 1 is 0.681 bits per heavy atom. The Morgan fingerprint density at radius 2 is 1.51 bits per heavy atom. The molecular formula is C40H33N5O2. The maximum absolute atomic E-state index is 6.58. The van der Waals surface area contributed by atoms with Crippen molar-refractivity contribution < 1.29 is 9.15 Å². The molecule has 1 aliphatic rings. The van der Waals surface area contributed by atoms with Crippen LogP contribution in [-0.4, -0.2) is 28.3 Å². The molecule has 9 rings (SSSR count). The van der Waals surface area contributed by atoms with Crippen molar-refractivity contribution in [1.82, 2.24) is 14.5 Å². The minimum absolute atomic E-state index is 0.00960. The van der Waals surface area contributed by atoms with E-state index in [9.17, 15) is 0 Å². The van der Waals surface area contributed by atoms with Crippen molar-refractivity contribution in [2.24, 2.45) is 0 Å². The third kappa shape index (κ3) is 4.41. The quantitative estimate of drug-likeness (QED) is 0.196. The second-order valence-electron chi connectivity index (χ2n) is 13.3. The molecule has 4 aromatic carbocycles. The molecular weight excluding hydrogens is 582 g/mol. The van der Waals surface area contributed by atoms with Crippen LogP contribution in [0.1, 0.15) is 26.3 Å². The van der Waals surface area contributed by atoms with E-state index in [1.165, 1.54) is 10.9 Å². The molecule has 0 saturated carbocycles. The summed E-state index contributed by atoms with van der Waals surface area (Å²) in [5.41, 5.74) is 8.19. The Hall–Kier alpha value is -5.82. The number of para-hydroxylation sites is 1. The molecule has 0 bridgehead atoms. The van der Waals surface area contributed by atoms with Crippen molar-refractivity contribution >= 4 is 60.9 Å². The van der Waals surface area contributed by atoms with Gasteiger partial charge in [-0.3, -0.25) is 4.57 Å². The Kier molecular flexibility index (Phi) is 5.90. The lowest BCUT2D eigenvalue weighted by atomic mass is 9.88. The monoisotopic (exact) mass is 615 g/mol. The predicted molar refractivity (Wildman–Crippen MR) is 191 cm³/mol. The smallest absolute Gasteiger partial charge is 0.227 e. The fourth-order valence-corrected chi connectivity index (χ4v) is 6.86. The van der Waals surface area contributed by atoms with Gasteiger partial charge in [-0.15, -0.1) is 0 Å². The molecule has 1 aliphatic heterocycles. The Balaban J connectivity index is 1.10. The van der Waals surface area contributed by atoms with Crippen LogP contribution in [0.25, 0.3) is 49.7 Å². The molecule has 0 unspecified atom stereocenters. The SMILES string of the molecule is CN1CN(c2cccc(Oc3ccc4c5ccccc5n(-c5cc(C(C)(C)C)ccn5)c4c3)c2)c2cc3oc4ncccc4c3cc21. The van der Waals surface area contributed by atoms with E-state index >= 15 is 0 Å². The summed E-state index contributed by atoms with van der Waals surface area (Å²) in [4.78, 5) is 13.8. The average molecular weight is 616 g/mol. The largest absolute Gasteiger partial charge is 0.457 e. The minimum atomic E-state index is 0.00960. The number of benzene rings is 4. The van der Waals surface area contributed by atoms with Crippen LogP contribution >= 0.6 is 0 Å². The number of nitrogens with zero attached hydrogens (tertiary/aromatic N) is 5. The Labute approximate surface area is 272 Å². The second kappa shape index (κ2) is 10.1. The van der Waals surface area contributed by atoms with Gasteiger partial charge >= 0.3 is 0 Å². The van der Waals surface area contributed by atoms with E-state index < -0.39 is 0 Å². The average Bonchev–Trinajstić information content (AvgIpc) is 3.72. The van der Waals surface area contributed by atoms with E-state index in [2.05, 4.69) is 132 Å². The number of aromatic nitrogens is 3. The molecule has 7 nitrogen and oxygen atoms in total. The van der Waals surface area contributed by atoms with Crippen LogP contribution in [0.2, 0.25) is 0 Å². The van der Waals surface area contributed by atoms with Crippen molar-refractivity contribution in [3.8, 4) is 17.3 Å². The van der Waals surface area contributed by atoms with Crippen molar-refractivity contribution in [3.05, 3.63) is 121 Å². The summed E-state index contributed by atoms with van der Waals surface area (Å²) >= 11 is 0. The highest BCUT2D eigenvalue weighted by Crippen LogP contribution is 2.45. The standard InChI is InChI=1S/C40H33N5O2/c1-40(2,3)25-16-18-41-38(19-25)45-33-13-6-5-11-29(33)30-15-14-28(21-34(30)45)46-27-10-7-9-26(20-27)44-24-43(4)35-22-32-31-12-8-17-42-39(31)47-37(32)23-36(35)44/h5-23H,24H2,1-4H3. The normalized spacial score (nSPS) is 13.4. The van der Waals surface area contributed by atoms with Gasteiger partial charge in [0.2, 0.25) is 5.71 Å². The van der Waals surface area contributed by atoms with Gasteiger partial charge in [0.05, 0.1) is 29.1 Å². The first-order valence-electron chi connectivity index (χ1n) is 15.9. The zero-order valence-corrected chi connectivity index (χ0v) is 26.7. The Bertz CT molecular complexity index is 2500. The van der Waals surface area contributed by atoms with Crippen molar-refractivity contribution in [3.63, 3.8) is 0 Å². The number of rotatable bonds is 4. The molecule has 0 N–H and O–H groups in total. The van der Waals surface area contributed by atoms with Gasteiger partial charge < -0.3 is 19.0 Å². The topological polar surface area (TPSA) is 59.6 Å². The van der Waals surface area contributed by atoms with Crippen LogP contribution in [0, 0.1) is 0 Å². The van der Waals surface area contributed by atoms with Gasteiger partial charge in [0.1, 0.15) is 22.9 Å². The highest BCUT2D eigenvalue weighted by atomic mass is 16.5. The van der Waals surface area contributed by atoms with Crippen LogP contribution in [-0.2, 0) is 5.41 Å². The number of anilines is 3. The highest BCUT2D eigenvalue weighted by molar-refractivity contribution is 6.10. The predicted octanol–water partition coefficient (Wildman–Crippen LogP) is 10.1. The van der Waals surface area contributed by atoms with Gasteiger partial charge in [0.25, 0.3) is 0 Å². The summed E-state index contributed by atoms with van der Waals surface area (Å²) in [5, 5.41) is 4.45. The van der Waals surface area contributed by atoms with E-state index in [1.807, 2.05) is 24.4 Å². The summed E-state index contributed by atoms with van der Waals surface area (Å²) in [6.07, 6.45) is 3.67. The van der Waals surface area contributed by atoms with Crippen molar-refractivity contribution in [2.75, 3.05) is 23.5 Å². The van der Waals surface area contributed by atoms with E-state index in [0.29, 0.717) is 12.4 Å². The number of ether oxygens (including phenoxy) is 1. The number of hydrogen-bond acceptors (Lipinski definition) is 6. The minimum Gasteiger partial charge on any atom is -0.457 e. The zero-order valence-electron chi connectivity index (χ0n) is 26.7. The van der Waals surface area contributed by atoms with Gasteiger partial charge in [-0.1, -0.05) is 45.0 Å². The van der Waals surface area contributed by atoms with Crippen molar-refractivity contribution in [1.29, 1.82) is 0 Å². The molecule has 0 aliphatic carbocycles. The number of pyridine rings is 2. The van der Waals surface area contributed by atoms with Crippen molar-refractivity contribution in [2.45, 2.75) is 26.2 Å². The first-order valence-corrected chi connectivity index (χ1v) is 15.9. The molecule has 4 aromatic heterocycles. The van der Waals surface area contributed by atoms with E-state index in [-0.39, 0.29) is 5.41 Å². The lowest BCUT2D eigenvalue weighted by molar-refractivity contribution is 0.483. The van der Waals surface area contributed by atoms with Crippen LogP contribution < -0.4 is 14.5 Å². The molecule has 230 valence electrons. The first-order chi connectivity index (χ1) is 22.8. The summed E-state index contributed by atoms with van der Waals surface area (Å²) < 4.78 is 15.0. The molecule has 0 spiro atoms. The van der Waals surface area contributed by atoms with E-state index in [0.717, 1.165) is 67.2 Å². The number of furan rings is 1. The lowest BCUT2D eigenvalue weighted by Gasteiger charge is -2.20. The third-order valence-corrected chi connectivity index (χ3v) is 9.25. The molecule has 5 heterocycles. The van der Waals surface area contributed by atoms with Gasteiger partial charge in [-0.05, 0) is 71.6 Å². The van der Waals surface area contributed by atoms with Crippen LogP contribution in [0.3, 0.4) is 0 Å². The molecule has 0 saturated heterocycles. The summed E-state index contributed by atoms with van der Waals surface area (Å²) in [5.74, 6) is 2.43. The fraction of sp³-hybridized carbons (Fsp3) is 0.150. The molecule has 0 atom stereocenters. The van der Waals surface area contributed by atoms with Crippen LogP contribution in [0.4, 0.5) is 17.1 Å². The maximum Gasteiger partial charge on any atom is 0.227 e. The second-order valence-corrected chi connectivity index (χ2v) is 13.3. The molecule has 0 fully saturated rings. The molecule has 7 heteroatoms. The molecule has 8 aromatic rings. The van der Waals surface area contributed by atoms with Crippen LogP contribution in [0.15, 0.2) is 120 Å². The van der Waals surface area contributed by atoms with Gasteiger partial charge in [0.15, 0.2) is 0 Å². The highest BCUT2D eigenvalue weighted by Gasteiger charge is 2.27. The lowest BCUT2D eigenvalue weighted by Crippen LogP contribution is -2.23. The zero-order chi connectivity index (χ0) is 31.9. The first kappa shape index (κ1) is 27.5. The summed E-state index contributed by atoms with van der Waals surface area (Å²) in [6, 6.07) is 35.7. The number of fused-ring (bicyclic) bond motifs is 7. The molecule has 47 heavy (non-hydrogen) atoms. The maximum atomic E-state index is 6.58. The van der Waals surface area contributed by atoms with E-state index in [1.54, 1.807) is 6.20 Å². The van der Waals surface area contributed by atoms with Gasteiger partial charge in [0, 0.05) is 64.9 Å². The Morgan fingerprint density at radius 3 is 2.40 bits per heavy atom. The third-order valence-electron chi connectivity index (χ3n) is 9.25. The summed E-state index contributed by atoms with van der Waals surface area (Å²) in [7, 11) is 2.12. The van der Waals surface area contributed by atoms with E-state index in [4.69, 9.17) is 14.1 Å². The summed E-state index contributed by atoms with van der Waals surface area (Å²) in [6.45, 7) is 7.41. The molecule has 0 amide bonds. The molecule has 0 radical (unpaired) electrons. The van der Waals surface area contributed by atoms with Gasteiger partial charge in [-0.25, -0.2) is 9.97 Å². The fourth-order valence-electron chi connectivity index (χ4n) is 6.86. The van der Waals surface area contributed by atoms with Crippen LogP contribution in [0.5, 0.6) is 11.5 Å². The number of hydrogen-bond donors (Lipinski definition) is 0.